The number of nitrogens with zero attached hydrogens (tertiary/aromatic N) is 1. The van der Waals surface area contributed by atoms with Crippen LogP contribution < -0.4 is 10.6 Å². The first-order valence-electron chi connectivity index (χ1n) is 6.22. The molecular weight excluding hydrogens is 266 g/mol. The second kappa shape index (κ2) is 6.01. The molecule has 0 aliphatic heterocycles. The van der Waals surface area contributed by atoms with Crippen molar-refractivity contribution in [2.45, 2.75) is 38.8 Å². The van der Waals surface area contributed by atoms with E-state index in [9.17, 15) is 9.59 Å². The SMILES string of the molecule is Cc1ncsc1CNC(=O)N[C@H]1CC[C@@H](C(=O)O)C1. The molecule has 0 bridgehead atoms. The lowest BCUT2D eigenvalue weighted by atomic mass is 10.1. The Bertz CT molecular complexity index is 475. The van der Waals surface area contributed by atoms with Crippen molar-refractivity contribution < 1.29 is 14.7 Å². The molecule has 0 spiro atoms. The highest BCUT2D eigenvalue weighted by molar-refractivity contribution is 7.09. The number of aryl methyl sites for hydroxylation is 1. The van der Waals surface area contributed by atoms with Gasteiger partial charge in [0.15, 0.2) is 0 Å². The summed E-state index contributed by atoms with van der Waals surface area (Å²) in [6, 6.07) is -0.285. The van der Waals surface area contributed by atoms with Gasteiger partial charge in [-0.05, 0) is 26.2 Å². The Labute approximate surface area is 115 Å². The molecule has 1 saturated carbocycles. The molecule has 1 aliphatic carbocycles. The standard InChI is InChI=1S/C12H17N3O3S/c1-7-10(19-6-14-7)5-13-12(18)15-9-3-2-8(4-9)11(16)17/h6,8-9H,2-5H2,1H3,(H,16,17)(H2,13,15,18)/t8-,9+/m1/s1. The fraction of sp³-hybridized carbons (Fsp3) is 0.583. The molecule has 6 nitrogen and oxygen atoms in total. The van der Waals surface area contributed by atoms with Gasteiger partial charge in [0.2, 0.25) is 0 Å². The summed E-state index contributed by atoms with van der Waals surface area (Å²) in [5, 5.41) is 14.5. The lowest BCUT2D eigenvalue weighted by molar-refractivity contribution is -0.141. The van der Waals surface area contributed by atoms with Gasteiger partial charge < -0.3 is 15.7 Å². The molecule has 0 aromatic carbocycles. The van der Waals surface area contributed by atoms with Crippen molar-refractivity contribution in [3.05, 3.63) is 16.1 Å². The van der Waals surface area contributed by atoms with Gasteiger partial charge >= 0.3 is 12.0 Å². The topological polar surface area (TPSA) is 91.3 Å². The van der Waals surface area contributed by atoms with Crippen LogP contribution in [-0.4, -0.2) is 28.1 Å². The predicted octanol–water partition coefficient (Wildman–Crippen LogP) is 1.50. The Hall–Kier alpha value is -1.63. The van der Waals surface area contributed by atoms with Gasteiger partial charge in [0, 0.05) is 10.9 Å². The van der Waals surface area contributed by atoms with Crippen LogP contribution in [0.25, 0.3) is 0 Å². The molecule has 0 saturated heterocycles. The van der Waals surface area contributed by atoms with E-state index in [4.69, 9.17) is 5.11 Å². The lowest BCUT2D eigenvalue weighted by Gasteiger charge is -2.13. The number of rotatable bonds is 4. The maximum Gasteiger partial charge on any atom is 0.315 e. The first-order chi connectivity index (χ1) is 9.06. The fourth-order valence-corrected chi connectivity index (χ4v) is 2.95. The highest BCUT2D eigenvalue weighted by Gasteiger charge is 2.30. The van der Waals surface area contributed by atoms with Crippen molar-refractivity contribution in [2.24, 2.45) is 5.92 Å². The summed E-state index contributed by atoms with van der Waals surface area (Å²) in [7, 11) is 0. The molecule has 1 fully saturated rings. The van der Waals surface area contributed by atoms with E-state index in [-0.39, 0.29) is 18.0 Å². The van der Waals surface area contributed by atoms with E-state index in [1.165, 1.54) is 11.3 Å². The van der Waals surface area contributed by atoms with E-state index in [1.807, 2.05) is 6.92 Å². The van der Waals surface area contributed by atoms with Crippen molar-refractivity contribution in [2.75, 3.05) is 0 Å². The van der Waals surface area contributed by atoms with E-state index in [2.05, 4.69) is 15.6 Å². The molecule has 104 valence electrons. The maximum atomic E-state index is 11.7. The predicted molar refractivity (Wildman–Crippen MR) is 71.0 cm³/mol. The summed E-state index contributed by atoms with van der Waals surface area (Å²) in [5.74, 6) is -1.10. The maximum absolute atomic E-state index is 11.7. The highest BCUT2D eigenvalue weighted by atomic mass is 32.1. The van der Waals surface area contributed by atoms with Gasteiger partial charge in [-0.1, -0.05) is 0 Å². The Morgan fingerprint density at radius 1 is 1.53 bits per heavy atom. The van der Waals surface area contributed by atoms with E-state index in [1.54, 1.807) is 5.51 Å². The van der Waals surface area contributed by atoms with Crippen LogP contribution in [0.15, 0.2) is 5.51 Å². The van der Waals surface area contributed by atoms with Crippen molar-refractivity contribution in [1.82, 2.24) is 15.6 Å². The van der Waals surface area contributed by atoms with Crippen molar-refractivity contribution in [1.29, 1.82) is 0 Å². The van der Waals surface area contributed by atoms with Crippen LogP contribution in [0.5, 0.6) is 0 Å². The van der Waals surface area contributed by atoms with Gasteiger partial charge in [0.05, 0.1) is 23.7 Å². The number of hydrogen-bond acceptors (Lipinski definition) is 4. The lowest BCUT2D eigenvalue weighted by Crippen LogP contribution is -2.40. The number of hydrogen-bond donors (Lipinski definition) is 3. The van der Waals surface area contributed by atoms with E-state index < -0.39 is 5.97 Å². The summed E-state index contributed by atoms with van der Waals surface area (Å²) in [4.78, 5) is 27.7. The number of carbonyl (C=O) groups is 2. The average Bonchev–Trinajstić information content (AvgIpc) is 2.96. The third-order valence-corrected chi connectivity index (χ3v) is 4.31. The number of amides is 2. The number of carbonyl (C=O) groups excluding carboxylic acids is 1. The zero-order chi connectivity index (χ0) is 13.8. The molecule has 1 aliphatic rings. The monoisotopic (exact) mass is 283 g/mol. The highest BCUT2D eigenvalue weighted by Crippen LogP contribution is 2.25. The zero-order valence-electron chi connectivity index (χ0n) is 10.7. The Kier molecular flexibility index (Phi) is 4.36. The number of urea groups is 1. The van der Waals surface area contributed by atoms with Crippen LogP contribution in [0.3, 0.4) is 0 Å². The Balaban J connectivity index is 1.73. The molecule has 1 aromatic heterocycles. The van der Waals surface area contributed by atoms with Gasteiger partial charge in [0.1, 0.15) is 0 Å². The minimum absolute atomic E-state index is 0.0383. The molecule has 2 atom stereocenters. The second-order valence-electron chi connectivity index (χ2n) is 4.73. The van der Waals surface area contributed by atoms with Crippen LogP contribution in [0.4, 0.5) is 4.79 Å². The first kappa shape index (κ1) is 13.8. The number of nitrogens with one attached hydrogen (secondary N) is 2. The molecule has 0 radical (unpaired) electrons. The smallest absolute Gasteiger partial charge is 0.315 e. The van der Waals surface area contributed by atoms with E-state index in [0.717, 1.165) is 17.0 Å². The van der Waals surface area contributed by atoms with Gasteiger partial charge in [-0.2, -0.15) is 0 Å². The molecule has 7 heteroatoms. The Morgan fingerprint density at radius 3 is 2.89 bits per heavy atom. The minimum Gasteiger partial charge on any atom is -0.481 e. The quantitative estimate of drug-likeness (QED) is 0.781. The van der Waals surface area contributed by atoms with Crippen LogP contribution in [0.2, 0.25) is 0 Å². The van der Waals surface area contributed by atoms with E-state index in [0.29, 0.717) is 19.4 Å². The van der Waals surface area contributed by atoms with Gasteiger partial charge in [0.25, 0.3) is 0 Å². The van der Waals surface area contributed by atoms with Gasteiger partial charge in [-0.3, -0.25) is 4.79 Å². The van der Waals surface area contributed by atoms with Crippen molar-refractivity contribution in [3.8, 4) is 0 Å². The molecule has 2 rings (SSSR count). The molecule has 19 heavy (non-hydrogen) atoms. The minimum atomic E-state index is -0.773. The third kappa shape index (κ3) is 3.66. The van der Waals surface area contributed by atoms with Crippen LogP contribution in [-0.2, 0) is 11.3 Å². The summed E-state index contributed by atoms with van der Waals surface area (Å²) < 4.78 is 0. The summed E-state index contributed by atoms with van der Waals surface area (Å²) in [6.45, 7) is 2.36. The molecule has 1 heterocycles. The number of carboxylic acid groups (broad SMARTS) is 1. The summed E-state index contributed by atoms with van der Waals surface area (Å²) in [5.41, 5.74) is 2.68. The Morgan fingerprint density at radius 2 is 2.32 bits per heavy atom. The van der Waals surface area contributed by atoms with Crippen LogP contribution in [0, 0.1) is 12.8 Å². The largest absolute Gasteiger partial charge is 0.481 e. The number of thiazole rings is 1. The number of carboxylic acids is 1. The van der Waals surface area contributed by atoms with Gasteiger partial charge in [-0.15, -0.1) is 11.3 Å². The van der Waals surface area contributed by atoms with E-state index >= 15 is 0 Å². The first-order valence-corrected chi connectivity index (χ1v) is 7.10. The van der Waals surface area contributed by atoms with Gasteiger partial charge in [-0.25, -0.2) is 9.78 Å². The normalized spacial score (nSPS) is 22.2. The number of aromatic nitrogens is 1. The average molecular weight is 283 g/mol. The zero-order valence-corrected chi connectivity index (χ0v) is 11.5. The second-order valence-corrected chi connectivity index (χ2v) is 5.67. The van der Waals surface area contributed by atoms with Crippen molar-refractivity contribution >= 4 is 23.3 Å². The number of aliphatic carboxylic acids is 1. The summed E-state index contributed by atoms with van der Waals surface area (Å²) >= 11 is 1.51. The fourth-order valence-electron chi connectivity index (χ4n) is 2.23. The van der Waals surface area contributed by atoms with Crippen LogP contribution in [0.1, 0.15) is 29.8 Å². The molecule has 3 N–H and O–H groups in total. The molecular formula is C12H17N3O3S. The van der Waals surface area contributed by atoms with Crippen molar-refractivity contribution in [3.63, 3.8) is 0 Å². The summed E-state index contributed by atoms with van der Waals surface area (Å²) in [6.07, 6.45) is 1.88. The molecule has 0 unspecified atom stereocenters. The third-order valence-electron chi connectivity index (χ3n) is 3.37. The van der Waals surface area contributed by atoms with Crippen LogP contribution >= 0.6 is 11.3 Å². The molecule has 1 aromatic rings. The molecule has 2 amide bonds.